The van der Waals surface area contributed by atoms with Gasteiger partial charge < -0.3 is 10.1 Å². The number of likely N-dealkylation sites (N-methyl/N-ethyl adjacent to an activating group) is 1. The van der Waals surface area contributed by atoms with Gasteiger partial charge in [0.15, 0.2) is 0 Å². The topological polar surface area (TPSA) is 55.4 Å². The van der Waals surface area contributed by atoms with E-state index in [4.69, 9.17) is 4.74 Å². The molecule has 0 radical (unpaired) electrons. The third-order valence-corrected chi connectivity index (χ3v) is 2.55. The van der Waals surface area contributed by atoms with E-state index in [1.807, 2.05) is 13.8 Å². The van der Waals surface area contributed by atoms with Crippen LogP contribution < -0.4 is 5.32 Å². The summed E-state index contributed by atoms with van der Waals surface area (Å²) in [5, 5.41) is 2.91. The van der Waals surface area contributed by atoms with E-state index in [0.717, 1.165) is 0 Å². The van der Waals surface area contributed by atoms with Crippen molar-refractivity contribution in [2.45, 2.75) is 26.0 Å². The fourth-order valence-corrected chi connectivity index (χ4v) is 1.88. The average Bonchev–Trinajstić information content (AvgIpc) is 1.95. The molecule has 1 unspecified atom stereocenters. The van der Waals surface area contributed by atoms with Gasteiger partial charge in [-0.15, -0.1) is 0 Å². The summed E-state index contributed by atoms with van der Waals surface area (Å²) >= 11 is 0. The minimum Gasteiger partial charge on any atom is -0.377 e. The van der Waals surface area contributed by atoms with Crippen molar-refractivity contribution >= 4 is 9.84 Å². The molecule has 0 bridgehead atoms. The molecule has 0 amide bonds. The monoisotopic (exact) mass is 209 g/mol. The largest absolute Gasteiger partial charge is 0.377 e. The number of hydrogen-bond donors (Lipinski definition) is 1. The smallest absolute Gasteiger partial charge is 0.149 e. The van der Waals surface area contributed by atoms with E-state index in [2.05, 4.69) is 5.32 Å². The van der Waals surface area contributed by atoms with E-state index < -0.39 is 9.84 Å². The predicted molar refractivity (Wildman–Crippen MR) is 53.6 cm³/mol. The summed E-state index contributed by atoms with van der Waals surface area (Å²) in [4.78, 5) is 0. The number of hydrogen-bond acceptors (Lipinski definition) is 4. The van der Waals surface area contributed by atoms with Crippen LogP contribution >= 0.6 is 0 Å². The molecular weight excluding hydrogens is 190 g/mol. The summed E-state index contributed by atoms with van der Waals surface area (Å²) in [5.74, 6) is 0.121. The second-order valence-electron chi connectivity index (χ2n) is 3.46. The van der Waals surface area contributed by atoms with Crippen molar-refractivity contribution in [3.63, 3.8) is 0 Å². The van der Waals surface area contributed by atoms with Gasteiger partial charge in [-0.2, -0.15) is 0 Å². The molecule has 0 aliphatic carbocycles. The first-order chi connectivity index (χ1) is 5.85. The Morgan fingerprint density at radius 2 is 1.92 bits per heavy atom. The van der Waals surface area contributed by atoms with E-state index in [1.54, 1.807) is 7.05 Å². The van der Waals surface area contributed by atoms with Crippen molar-refractivity contribution in [2.75, 3.05) is 25.7 Å². The quantitative estimate of drug-likeness (QED) is 0.671. The van der Waals surface area contributed by atoms with Crippen molar-refractivity contribution in [1.82, 2.24) is 5.32 Å². The van der Waals surface area contributed by atoms with Crippen LogP contribution in [0.4, 0.5) is 0 Å². The van der Waals surface area contributed by atoms with Gasteiger partial charge in [-0.1, -0.05) is 0 Å². The van der Waals surface area contributed by atoms with E-state index in [9.17, 15) is 8.42 Å². The van der Waals surface area contributed by atoms with Gasteiger partial charge in [-0.3, -0.25) is 0 Å². The minimum atomic E-state index is -2.93. The van der Waals surface area contributed by atoms with Crippen LogP contribution in [0.3, 0.4) is 0 Å². The van der Waals surface area contributed by atoms with Crippen LogP contribution in [0.2, 0.25) is 0 Å². The maximum absolute atomic E-state index is 10.9. The molecule has 5 heteroatoms. The third-order valence-electron chi connectivity index (χ3n) is 1.54. The minimum absolute atomic E-state index is 0.114. The highest BCUT2D eigenvalue weighted by Crippen LogP contribution is 1.95. The number of rotatable bonds is 6. The Morgan fingerprint density at radius 1 is 1.38 bits per heavy atom. The lowest BCUT2D eigenvalue weighted by Crippen LogP contribution is -2.37. The van der Waals surface area contributed by atoms with Gasteiger partial charge in [0.25, 0.3) is 0 Å². The summed E-state index contributed by atoms with van der Waals surface area (Å²) < 4.78 is 27.2. The zero-order valence-corrected chi connectivity index (χ0v) is 9.52. The molecular formula is C8H19NO3S. The Balaban J connectivity index is 3.91. The molecule has 0 spiro atoms. The zero-order valence-electron chi connectivity index (χ0n) is 8.70. The molecule has 0 fully saturated rings. The highest BCUT2D eigenvalue weighted by molar-refractivity contribution is 7.90. The molecule has 0 aliphatic rings. The molecule has 1 N–H and O–H groups in total. The van der Waals surface area contributed by atoms with E-state index in [0.29, 0.717) is 6.61 Å². The fourth-order valence-electron chi connectivity index (χ4n) is 0.889. The normalized spacial score (nSPS) is 14.8. The van der Waals surface area contributed by atoms with Gasteiger partial charge in [-0.05, 0) is 20.9 Å². The molecule has 0 rings (SSSR count). The standard InChI is InChI=1S/C8H19NO3S/c1-7(2)12-5-8(9-3)6-13(4,10)11/h7-9H,5-6H2,1-4H3. The first-order valence-corrected chi connectivity index (χ1v) is 6.38. The summed E-state index contributed by atoms with van der Waals surface area (Å²) in [6.45, 7) is 4.28. The highest BCUT2D eigenvalue weighted by atomic mass is 32.2. The molecule has 0 aliphatic heterocycles. The van der Waals surface area contributed by atoms with Crippen molar-refractivity contribution in [2.24, 2.45) is 0 Å². The number of nitrogens with one attached hydrogen (secondary N) is 1. The van der Waals surface area contributed by atoms with Crippen LogP contribution in [-0.4, -0.2) is 46.2 Å². The first kappa shape index (κ1) is 12.9. The van der Waals surface area contributed by atoms with Crippen LogP contribution in [0.1, 0.15) is 13.8 Å². The summed E-state index contributed by atoms with van der Waals surface area (Å²) in [5.41, 5.74) is 0. The molecule has 0 aromatic carbocycles. The summed E-state index contributed by atoms with van der Waals surface area (Å²) in [6, 6.07) is -0.114. The van der Waals surface area contributed by atoms with Crippen LogP contribution in [0.5, 0.6) is 0 Å². The molecule has 1 atom stereocenters. The van der Waals surface area contributed by atoms with Crippen molar-refractivity contribution in [3.05, 3.63) is 0 Å². The fraction of sp³-hybridized carbons (Fsp3) is 1.00. The second kappa shape index (κ2) is 5.57. The molecule has 80 valence electrons. The molecule has 4 nitrogen and oxygen atoms in total. The van der Waals surface area contributed by atoms with Crippen LogP contribution in [0.25, 0.3) is 0 Å². The van der Waals surface area contributed by atoms with E-state index >= 15 is 0 Å². The van der Waals surface area contributed by atoms with Crippen molar-refractivity contribution in [1.29, 1.82) is 0 Å². The van der Waals surface area contributed by atoms with Gasteiger partial charge in [0.05, 0.1) is 18.5 Å². The van der Waals surface area contributed by atoms with Gasteiger partial charge in [-0.25, -0.2) is 8.42 Å². The molecule has 0 saturated heterocycles. The second-order valence-corrected chi connectivity index (χ2v) is 5.64. The molecule has 0 aromatic rings. The van der Waals surface area contributed by atoms with Crippen LogP contribution in [-0.2, 0) is 14.6 Å². The summed E-state index contributed by atoms with van der Waals surface area (Å²) in [6.07, 6.45) is 1.36. The Bertz CT molecular complexity index is 224. The Hall–Kier alpha value is -0.130. The lowest BCUT2D eigenvalue weighted by Gasteiger charge is -2.16. The van der Waals surface area contributed by atoms with Crippen LogP contribution in [0.15, 0.2) is 0 Å². The zero-order chi connectivity index (χ0) is 10.5. The molecule has 0 saturated carbocycles. The van der Waals surface area contributed by atoms with Gasteiger partial charge in [0.1, 0.15) is 9.84 Å². The van der Waals surface area contributed by atoms with Crippen molar-refractivity contribution in [3.8, 4) is 0 Å². The highest BCUT2D eigenvalue weighted by Gasteiger charge is 2.13. The summed E-state index contributed by atoms with van der Waals surface area (Å²) in [7, 11) is -1.19. The molecule has 0 aromatic heterocycles. The third kappa shape index (κ3) is 8.21. The predicted octanol–water partition coefficient (Wildman–Crippen LogP) is 0.0440. The van der Waals surface area contributed by atoms with Crippen molar-refractivity contribution < 1.29 is 13.2 Å². The van der Waals surface area contributed by atoms with Gasteiger partial charge in [0.2, 0.25) is 0 Å². The van der Waals surface area contributed by atoms with E-state index in [-0.39, 0.29) is 17.9 Å². The Kier molecular flexibility index (Phi) is 5.51. The van der Waals surface area contributed by atoms with Crippen LogP contribution in [0, 0.1) is 0 Å². The van der Waals surface area contributed by atoms with E-state index in [1.165, 1.54) is 6.26 Å². The maximum atomic E-state index is 10.9. The first-order valence-electron chi connectivity index (χ1n) is 4.31. The SMILES string of the molecule is CNC(COC(C)C)CS(C)(=O)=O. The molecule has 13 heavy (non-hydrogen) atoms. The average molecular weight is 209 g/mol. The lowest BCUT2D eigenvalue weighted by molar-refractivity contribution is 0.0665. The lowest BCUT2D eigenvalue weighted by atomic mass is 10.3. The molecule has 0 heterocycles. The Morgan fingerprint density at radius 3 is 2.23 bits per heavy atom. The Labute approximate surface area is 80.6 Å². The van der Waals surface area contributed by atoms with Gasteiger partial charge in [0, 0.05) is 12.3 Å². The number of sulfone groups is 1. The maximum Gasteiger partial charge on any atom is 0.149 e. The van der Waals surface area contributed by atoms with Gasteiger partial charge >= 0.3 is 0 Å². The number of ether oxygens (including phenoxy) is 1.